The molecule has 4 heteroatoms. The second kappa shape index (κ2) is 7.13. The lowest BCUT2D eigenvalue weighted by atomic mass is 9.92. The van der Waals surface area contributed by atoms with E-state index in [0.29, 0.717) is 17.2 Å². The summed E-state index contributed by atoms with van der Waals surface area (Å²) >= 11 is 0. The van der Waals surface area contributed by atoms with Crippen LogP contribution in [-0.2, 0) is 4.79 Å². The summed E-state index contributed by atoms with van der Waals surface area (Å²) < 4.78 is 0. The standard InChI is InChI=1S/C16H28N2O.ClH/c19-15(14-12-16(14)7-10-17-11-8-16)18-9-3-6-13-4-1-2-5-13;/h13-14,17H,1-12H2,(H,18,19);1H. The monoisotopic (exact) mass is 300 g/mol. The van der Waals surface area contributed by atoms with Crippen LogP contribution >= 0.6 is 12.4 Å². The summed E-state index contributed by atoms with van der Waals surface area (Å²) in [7, 11) is 0. The van der Waals surface area contributed by atoms with E-state index in [2.05, 4.69) is 10.6 Å². The minimum atomic E-state index is 0. The molecule has 3 fully saturated rings. The Morgan fingerprint density at radius 3 is 2.60 bits per heavy atom. The number of carbonyl (C=O) groups excluding carboxylic acids is 1. The molecule has 1 spiro atoms. The van der Waals surface area contributed by atoms with E-state index in [0.717, 1.165) is 32.0 Å². The Labute approximate surface area is 129 Å². The third-order valence-corrected chi connectivity index (χ3v) is 5.67. The van der Waals surface area contributed by atoms with Gasteiger partial charge in [0.2, 0.25) is 5.91 Å². The van der Waals surface area contributed by atoms with Crippen LogP contribution in [0, 0.1) is 17.3 Å². The Balaban J connectivity index is 0.00000147. The highest BCUT2D eigenvalue weighted by molar-refractivity contribution is 5.85. The molecule has 116 valence electrons. The summed E-state index contributed by atoms with van der Waals surface area (Å²) in [6, 6.07) is 0. The first-order chi connectivity index (χ1) is 9.30. The van der Waals surface area contributed by atoms with Gasteiger partial charge in [-0.3, -0.25) is 4.79 Å². The van der Waals surface area contributed by atoms with E-state index in [1.807, 2.05) is 0 Å². The third-order valence-electron chi connectivity index (χ3n) is 5.67. The maximum absolute atomic E-state index is 12.1. The minimum Gasteiger partial charge on any atom is -0.356 e. The van der Waals surface area contributed by atoms with Crippen molar-refractivity contribution in [2.75, 3.05) is 19.6 Å². The van der Waals surface area contributed by atoms with Crippen molar-refractivity contribution in [3.05, 3.63) is 0 Å². The van der Waals surface area contributed by atoms with Crippen molar-refractivity contribution in [1.82, 2.24) is 10.6 Å². The number of nitrogens with one attached hydrogen (secondary N) is 2. The van der Waals surface area contributed by atoms with Gasteiger partial charge in [-0.1, -0.05) is 25.7 Å². The third kappa shape index (κ3) is 3.67. The van der Waals surface area contributed by atoms with Gasteiger partial charge in [0.15, 0.2) is 0 Å². The molecule has 20 heavy (non-hydrogen) atoms. The van der Waals surface area contributed by atoms with E-state index >= 15 is 0 Å². The summed E-state index contributed by atoms with van der Waals surface area (Å²) in [5.41, 5.74) is 0.390. The minimum absolute atomic E-state index is 0. The van der Waals surface area contributed by atoms with Crippen LogP contribution in [0.4, 0.5) is 0 Å². The first-order valence-corrected chi connectivity index (χ1v) is 8.29. The van der Waals surface area contributed by atoms with Gasteiger partial charge in [0.05, 0.1) is 0 Å². The molecule has 0 aromatic rings. The molecule has 1 saturated heterocycles. The number of carbonyl (C=O) groups is 1. The average Bonchev–Trinajstić information content (AvgIpc) is 2.89. The van der Waals surface area contributed by atoms with Crippen LogP contribution in [0.3, 0.4) is 0 Å². The normalized spacial score (nSPS) is 28.1. The second-order valence-electron chi connectivity index (χ2n) is 6.95. The van der Waals surface area contributed by atoms with Gasteiger partial charge in [-0.2, -0.15) is 0 Å². The molecule has 3 aliphatic rings. The number of hydrogen-bond donors (Lipinski definition) is 2. The zero-order valence-electron chi connectivity index (χ0n) is 12.5. The molecule has 1 amide bonds. The van der Waals surface area contributed by atoms with Crippen molar-refractivity contribution < 1.29 is 4.79 Å². The van der Waals surface area contributed by atoms with Crippen LogP contribution in [0.25, 0.3) is 0 Å². The maximum atomic E-state index is 12.1. The first-order valence-electron chi connectivity index (χ1n) is 8.29. The maximum Gasteiger partial charge on any atom is 0.223 e. The number of halogens is 1. The Bertz CT molecular complexity index is 322. The summed E-state index contributed by atoms with van der Waals surface area (Å²) in [5, 5.41) is 6.57. The van der Waals surface area contributed by atoms with Gasteiger partial charge in [-0.15, -0.1) is 12.4 Å². The van der Waals surface area contributed by atoms with E-state index < -0.39 is 0 Å². The largest absolute Gasteiger partial charge is 0.356 e. The molecular weight excluding hydrogens is 272 g/mol. The topological polar surface area (TPSA) is 41.1 Å². The molecule has 2 aliphatic carbocycles. The predicted octanol–water partition coefficient (Wildman–Crippen LogP) is 2.88. The fraction of sp³-hybridized carbons (Fsp3) is 0.938. The SMILES string of the molecule is Cl.O=C(NCCCC1CCCC1)C1CC12CCNCC2. The highest BCUT2D eigenvalue weighted by Gasteiger charge is 2.57. The van der Waals surface area contributed by atoms with Crippen molar-refractivity contribution in [2.45, 2.75) is 57.8 Å². The van der Waals surface area contributed by atoms with Crippen LogP contribution in [0.2, 0.25) is 0 Å². The summed E-state index contributed by atoms with van der Waals surface area (Å²) in [5.74, 6) is 1.63. The van der Waals surface area contributed by atoms with Crippen molar-refractivity contribution in [2.24, 2.45) is 17.3 Å². The average molecular weight is 301 g/mol. The van der Waals surface area contributed by atoms with Crippen LogP contribution in [0.1, 0.15) is 57.8 Å². The summed E-state index contributed by atoms with van der Waals surface area (Å²) in [4.78, 5) is 12.1. The first kappa shape index (κ1) is 16.1. The lowest BCUT2D eigenvalue weighted by Gasteiger charge is -2.23. The van der Waals surface area contributed by atoms with E-state index in [-0.39, 0.29) is 12.4 Å². The molecule has 1 unspecified atom stereocenters. The van der Waals surface area contributed by atoms with Gasteiger partial charge in [-0.25, -0.2) is 0 Å². The van der Waals surface area contributed by atoms with E-state index in [1.54, 1.807) is 0 Å². The molecule has 0 aromatic carbocycles. The van der Waals surface area contributed by atoms with E-state index in [4.69, 9.17) is 0 Å². The van der Waals surface area contributed by atoms with Crippen LogP contribution in [0.5, 0.6) is 0 Å². The molecule has 3 nitrogen and oxygen atoms in total. The Kier molecular flexibility index (Phi) is 5.74. The van der Waals surface area contributed by atoms with Gasteiger partial charge in [0, 0.05) is 12.5 Å². The van der Waals surface area contributed by atoms with Gasteiger partial charge >= 0.3 is 0 Å². The molecule has 0 radical (unpaired) electrons. The van der Waals surface area contributed by atoms with E-state index in [9.17, 15) is 4.79 Å². The van der Waals surface area contributed by atoms with Gasteiger partial charge in [-0.05, 0) is 56.5 Å². The smallest absolute Gasteiger partial charge is 0.223 e. The highest BCUT2D eigenvalue weighted by atomic mass is 35.5. The van der Waals surface area contributed by atoms with E-state index in [1.165, 1.54) is 51.4 Å². The number of hydrogen-bond acceptors (Lipinski definition) is 2. The zero-order chi connectivity index (χ0) is 13.1. The molecule has 1 aliphatic heterocycles. The lowest BCUT2D eigenvalue weighted by Crippen LogP contribution is -2.34. The Hall–Kier alpha value is -0.280. The fourth-order valence-electron chi connectivity index (χ4n) is 4.22. The molecule has 2 saturated carbocycles. The van der Waals surface area contributed by atoms with Crippen molar-refractivity contribution in [3.8, 4) is 0 Å². The molecule has 3 rings (SSSR count). The fourth-order valence-corrected chi connectivity index (χ4v) is 4.22. The Morgan fingerprint density at radius 2 is 1.90 bits per heavy atom. The van der Waals surface area contributed by atoms with Crippen LogP contribution < -0.4 is 10.6 Å². The van der Waals surface area contributed by atoms with Crippen molar-refractivity contribution in [3.63, 3.8) is 0 Å². The molecule has 0 aromatic heterocycles. The molecule has 1 heterocycles. The summed E-state index contributed by atoms with van der Waals surface area (Å²) in [6.45, 7) is 3.11. The second-order valence-corrected chi connectivity index (χ2v) is 6.95. The van der Waals surface area contributed by atoms with Gasteiger partial charge in [0.1, 0.15) is 0 Å². The highest BCUT2D eigenvalue weighted by Crippen LogP contribution is 2.58. The lowest BCUT2D eigenvalue weighted by molar-refractivity contribution is -0.123. The molecule has 1 atom stereocenters. The van der Waals surface area contributed by atoms with Gasteiger partial charge < -0.3 is 10.6 Å². The number of piperidine rings is 1. The van der Waals surface area contributed by atoms with Crippen LogP contribution in [0.15, 0.2) is 0 Å². The predicted molar refractivity (Wildman–Crippen MR) is 84.1 cm³/mol. The zero-order valence-corrected chi connectivity index (χ0v) is 13.3. The molecule has 2 N–H and O–H groups in total. The quantitative estimate of drug-likeness (QED) is 0.767. The number of rotatable bonds is 5. The Morgan fingerprint density at radius 1 is 1.20 bits per heavy atom. The summed E-state index contributed by atoms with van der Waals surface area (Å²) in [6.07, 6.45) is 11.7. The van der Waals surface area contributed by atoms with Crippen molar-refractivity contribution in [1.29, 1.82) is 0 Å². The molecule has 0 bridgehead atoms. The van der Waals surface area contributed by atoms with Crippen LogP contribution in [-0.4, -0.2) is 25.5 Å². The van der Waals surface area contributed by atoms with Gasteiger partial charge in [0.25, 0.3) is 0 Å². The van der Waals surface area contributed by atoms with Crippen molar-refractivity contribution >= 4 is 18.3 Å². The number of amides is 1. The molecular formula is C16H29ClN2O.